The number of benzene rings is 2. The number of fused-ring (bicyclic) bond motifs is 1. The van der Waals surface area contributed by atoms with Crippen molar-refractivity contribution in [2.24, 2.45) is 5.92 Å². The van der Waals surface area contributed by atoms with Gasteiger partial charge in [0, 0.05) is 6.54 Å². The lowest BCUT2D eigenvalue weighted by atomic mass is 10.1. The van der Waals surface area contributed by atoms with Crippen molar-refractivity contribution in [3.8, 4) is 0 Å². The molecule has 3 aromatic rings. The van der Waals surface area contributed by atoms with E-state index in [-0.39, 0.29) is 11.9 Å². The van der Waals surface area contributed by atoms with Crippen molar-refractivity contribution in [3.63, 3.8) is 0 Å². The average molecular weight is 335 g/mol. The number of aromatic nitrogens is 2. The lowest BCUT2D eigenvalue weighted by Gasteiger charge is -2.17. The minimum atomic E-state index is -0.137. The van der Waals surface area contributed by atoms with Crippen LogP contribution in [0.5, 0.6) is 0 Å². The van der Waals surface area contributed by atoms with Crippen LogP contribution in [0.3, 0.4) is 0 Å². The van der Waals surface area contributed by atoms with Crippen LogP contribution < -0.4 is 5.32 Å². The molecule has 1 atom stereocenters. The Morgan fingerprint density at radius 3 is 2.44 bits per heavy atom. The molecule has 0 unspecified atom stereocenters. The van der Waals surface area contributed by atoms with Crippen LogP contribution in [0.15, 0.2) is 54.6 Å². The van der Waals surface area contributed by atoms with Gasteiger partial charge in [0.05, 0.1) is 23.5 Å². The van der Waals surface area contributed by atoms with Crippen LogP contribution >= 0.6 is 0 Å². The number of hydrogen-bond acceptors (Lipinski definition) is 2. The van der Waals surface area contributed by atoms with Gasteiger partial charge in [-0.1, -0.05) is 56.3 Å². The van der Waals surface area contributed by atoms with Crippen molar-refractivity contribution < 1.29 is 4.79 Å². The van der Waals surface area contributed by atoms with Crippen molar-refractivity contribution in [2.75, 3.05) is 0 Å². The molecule has 1 amide bonds. The third-order valence-corrected chi connectivity index (χ3v) is 4.20. The van der Waals surface area contributed by atoms with Gasteiger partial charge < -0.3 is 9.88 Å². The Hall–Kier alpha value is -2.62. The van der Waals surface area contributed by atoms with Crippen LogP contribution in [0.25, 0.3) is 11.0 Å². The molecule has 1 N–H and O–H groups in total. The van der Waals surface area contributed by atoms with Gasteiger partial charge in [-0.15, -0.1) is 0 Å². The molecule has 3 rings (SSSR count). The molecule has 0 saturated heterocycles. The number of nitrogens with one attached hydrogen (secondary N) is 1. The van der Waals surface area contributed by atoms with Crippen molar-refractivity contribution in [1.29, 1.82) is 0 Å². The summed E-state index contributed by atoms with van der Waals surface area (Å²) in [5, 5.41) is 3.10. The zero-order chi connectivity index (χ0) is 17.8. The summed E-state index contributed by atoms with van der Waals surface area (Å²) in [5.74, 6) is 1.43. The van der Waals surface area contributed by atoms with Gasteiger partial charge in [0.2, 0.25) is 5.91 Å². The van der Waals surface area contributed by atoms with E-state index in [2.05, 4.69) is 29.8 Å². The van der Waals surface area contributed by atoms with Crippen LogP contribution in [-0.2, 0) is 17.8 Å². The first-order valence-electron chi connectivity index (χ1n) is 8.83. The molecule has 0 aliphatic rings. The summed E-state index contributed by atoms with van der Waals surface area (Å²) in [6.45, 7) is 7.27. The van der Waals surface area contributed by atoms with E-state index in [0.29, 0.717) is 12.3 Å². The zero-order valence-corrected chi connectivity index (χ0v) is 15.1. The third-order valence-electron chi connectivity index (χ3n) is 4.20. The predicted molar refractivity (Wildman–Crippen MR) is 101 cm³/mol. The maximum Gasteiger partial charge on any atom is 0.224 e. The molecule has 1 heterocycles. The highest BCUT2D eigenvalue weighted by molar-refractivity contribution is 5.79. The summed E-state index contributed by atoms with van der Waals surface area (Å²) in [6.07, 6.45) is 0.385. The summed E-state index contributed by atoms with van der Waals surface area (Å²) in [5.41, 5.74) is 3.11. The molecule has 0 bridgehead atoms. The largest absolute Gasteiger partial charge is 0.346 e. The molecule has 0 radical (unpaired) electrons. The standard InChI is InChI=1S/C21H25N3O/c1-15(2)14-24-19-12-8-7-11-18(19)23-21(24)16(3)22-20(25)13-17-9-5-4-6-10-17/h4-12,15-16H,13-14H2,1-3H3,(H,22,25)/t16-/m0/s1. The van der Waals surface area contributed by atoms with Crippen LogP contribution in [0.4, 0.5) is 0 Å². The summed E-state index contributed by atoms with van der Waals surface area (Å²) in [6, 6.07) is 17.8. The third kappa shape index (κ3) is 4.08. The van der Waals surface area contributed by atoms with Crippen LogP contribution in [0, 0.1) is 5.92 Å². The first-order chi connectivity index (χ1) is 12.0. The smallest absolute Gasteiger partial charge is 0.224 e. The molecule has 2 aromatic carbocycles. The van der Waals surface area contributed by atoms with Gasteiger partial charge in [-0.2, -0.15) is 0 Å². The zero-order valence-electron chi connectivity index (χ0n) is 15.1. The Balaban J connectivity index is 1.81. The normalized spacial score (nSPS) is 12.5. The summed E-state index contributed by atoms with van der Waals surface area (Å²) in [7, 11) is 0. The molecule has 0 spiro atoms. The molecular formula is C21H25N3O. The maximum atomic E-state index is 12.4. The minimum Gasteiger partial charge on any atom is -0.346 e. The topological polar surface area (TPSA) is 46.9 Å². The Kier molecular flexibility index (Phi) is 5.17. The maximum absolute atomic E-state index is 12.4. The van der Waals surface area contributed by atoms with Gasteiger partial charge in [-0.25, -0.2) is 4.98 Å². The highest BCUT2D eigenvalue weighted by atomic mass is 16.1. The Morgan fingerprint density at radius 2 is 1.72 bits per heavy atom. The van der Waals surface area contributed by atoms with E-state index in [4.69, 9.17) is 4.98 Å². The monoisotopic (exact) mass is 335 g/mol. The van der Waals surface area contributed by atoms with Crippen molar-refractivity contribution >= 4 is 16.9 Å². The number of nitrogens with zero attached hydrogens (tertiary/aromatic N) is 2. The summed E-state index contributed by atoms with van der Waals surface area (Å²) >= 11 is 0. The van der Waals surface area contributed by atoms with Gasteiger partial charge in [-0.3, -0.25) is 4.79 Å². The second-order valence-corrected chi connectivity index (χ2v) is 6.91. The highest BCUT2D eigenvalue weighted by Gasteiger charge is 2.19. The number of rotatable bonds is 6. The number of carbonyl (C=O) groups excluding carboxylic acids is 1. The van der Waals surface area contributed by atoms with Gasteiger partial charge >= 0.3 is 0 Å². The van der Waals surface area contributed by atoms with E-state index in [9.17, 15) is 4.79 Å². The fraction of sp³-hybridized carbons (Fsp3) is 0.333. The lowest BCUT2D eigenvalue weighted by molar-refractivity contribution is -0.121. The number of carbonyl (C=O) groups is 1. The molecule has 1 aromatic heterocycles. The van der Waals surface area contributed by atoms with Gasteiger partial charge in [0.15, 0.2) is 0 Å². The van der Waals surface area contributed by atoms with Crippen LogP contribution in [-0.4, -0.2) is 15.5 Å². The van der Waals surface area contributed by atoms with Crippen molar-refractivity contribution in [2.45, 2.75) is 39.8 Å². The highest BCUT2D eigenvalue weighted by Crippen LogP contribution is 2.22. The van der Waals surface area contributed by atoms with Crippen LogP contribution in [0.1, 0.15) is 38.2 Å². The SMILES string of the molecule is CC(C)Cn1c([C@H](C)NC(=O)Cc2ccccc2)nc2ccccc21. The molecule has 0 fully saturated rings. The molecule has 130 valence electrons. The lowest BCUT2D eigenvalue weighted by Crippen LogP contribution is -2.30. The molecule has 4 nitrogen and oxygen atoms in total. The quantitative estimate of drug-likeness (QED) is 0.737. The second-order valence-electron chi connectivity index (χ2n) is 6.91. The number of hydrogen-bond donors (Lipinski definition) is 1. The van der Waals surface area contributed by atoms with Gasteiger partial charge in [-0.05, 0) is 30.5 Å². The average Bonchev–Trinajstić information content (AvgIpc) is 2.94. The van der Waals surface area contributed by atoms with Gasteiger partial charge in [0.1, 0.15) is 5.82 Å². The Bertz CT molecular complexity index is 852. The van der Waals surface area contributed by atoms with E-state index in [1.165, 1.54) is 0 Å². The molecule has 25 heavy (non-hydrogen) atoms. The van der Waals surface area contributed by atoms with E-state index in [1.807, 2.05) is 55.5 Å². The second kappa shape index (κ2) is 7.51. The molecule has 0 aliphatic heterocycles. The fourth-order valence-corrected chi connectivity index (χ4v) is 3.12. The minimum absolute atomic E-state index is 0.0156. The van der Waals surface area contributed by atoms with Crippen molar-refractivity contribution in [1.82, 2.24) is 14.9 Å². The molecule has 0 saturated carbocycles. The van der Waals surface area contributed by atoms with Gasteiger partial charge in [0.25, 0.3) is 0 Å². The van der Waals surface area contributed by atoms with E-state index < -0.39 is 0 Å². The number of imidazole rings is 1. The first kappa shape index (κ1) is 17.2. The van der Waals surface area contributed by atoms with E-state index >= 15 is 0 Å². The number of para-hydroxylation sites is 2. The Morgan fingerprint density at radius 1 is 1.04 bits per heavy atom. The Labute approximate surface area is 148 Å². The van der Waals surface area contributed by atoms with E-state index in [1.54, 1.807) is 0 Å². The summed E-state index contributed by atoms with van der Waals surface area (Å²) < 4.78 is 2.23. The molecular weight excluding hydrogens is 310 g/mol. The number of amides is 1. The van der Waals surface area contributed by atoms with Crippen LogP contribution in [0.2, 0.25) is 0 Å². The van der Waals surface area contributed by atoms with E-state index in [0.717, 1.165) is 29.0 Å². The fourth-order valence-electron chi connectivity index (χ4n) is 3.12. The molecule has 4 heteroatoms. The summed E-state index contributed by atoms with van der Waals surface area (Å²) in [4.78, 5) is 17.2. The molecule has 0 aliphatic carbocycles. The predicted octanol–water partition coefficient (Wildman–Crippen LogP) is 4.11. The first-order valence-corrected chi connectivity index (χ1v) is 8.83. The van der Waals surface area contributed by atoms with Crippen molar-refractivity contribution in [3.05, 3.63) is 66.0 Å².